The summed E-state index contributed by atoms with van der Waals surface area (Å²) in [6.07, 6.45) is 5.10. The Morgan fingerprint density at radius 1 is 1.21 bits per heavy atom. The molecule has 0 radical (unpaired) electrons. The van der Waals surface area contributed by atoms with Gasteiger partial charge in [0.1, 0.15) is 0 Å². The van der Waals surface area contributed by atoms with Gasteiger partial charge < -0.3 is 11.1 Å². The summed E-state index contributed by atoms with van der Waals surface area (Å²) in [6.45, 7) is 6.67. The van der Waals surface area contributed by atoms with Crippen LogP contribution in [-0.2, 0) is 4.79 Å². The van der Waals surface area contributed by atoms with Crippen LogP contribution < -0.4 is 11.1 Å². The van der Waals surface area contributed by atoms with Crippen LogP contribution in [0.5, 0.6) is 0 Å². The Kier molecular flexibility index (Phi) is 4.19. The summed E-state index contributed by atoms with van der Waals surface area (Å²) in [4.78, 5) is 12.9. The molecule has 0 spiro atoms. The molecule has 19 heavy (non-hydrogen) atoms. The van der Waals surface area contributed by atoms with Crippen molar-refractivity contribution in [2.45, 2.75) is 58.9 Å². The van der Waals surface area contributed by atoms with Crippen LogP contribution in [0.1, 0.15) is 52.9 Å². The maximum atomic E-state index is 12.6. The maximum absolute atomic E-state index is 12.6. The van der Waals surface area contributed by atoms with Gasteiger partial charge in [-0.2, -0.15) is 0 Å². The van der Waals surface area contributed by atoms with E-state index in [0.717, 1.165) is 25.2 Å². The number of hydrogen-bond acceptors (Lipinski definition) is 2. The van der Waals surface area contributed by atoms with E-state index >= 15 is 0 Å². The summed E-state index contributed by atoms with van der Waals surface area (Å²) < 4.78 is 0. The van der Waals surface area contributed by atoms with E-state index in [1.807, 2.05) is 0 Å². The molecule has 4 heteroatoms. The molecule has 0 aromatic carbocycles. The standard InChI is InChI=1S/C15H26N2OS/c1-9-4-5-12(11(3)6-9)17-14(18)15(13(16)19)7-10(2)8-15/h9-12H,4-8H2,1-3H3,(H2,16,19)(H,17,18). The van der Waals surface area contributed by atoms with Gasteiger partial charge in [0, 0.05) is 6.04 Å². The van der Waals surface area contributed by atoms with E-state index in [2.05, 4.69) is 26.1 Å². The van der Waals surface area contributed by atoms with Crippen molar-refractivity contribution in [1.82, 2.24) is 5.32 Å². The molecule has 0 bridgehead atoms. The molecule has 108 valence electrons. The van der Waals surface area contributed by atoms with E-state index in [0.29, 0.717) is 22.9 Å². The number of hydrogen-bond donors (Lipinski definition) is 2. The van der Waals surface area contributed by atoms with Crippen LogP contribution >= 0.6 is 12.2 Å². The fourth-order valence-electron chi connectivity index (χ4n) is 3.81. The minimum Gasteiger partial charge on any atom is -0.392 e. The first kappa shape index (κ1) is 14.8. The second-order valence-electron chi connectivity index (χ2n) is 6.94. The fourth-order valence-corrected chi connectivity index (χ4v) is 4.07. The van der Waals surface area contributed by atoms with Crippen molar-refractivity contribution < 1.29 is 4.79 Å². The smallest absolute Gasteiger partial charge is 0.233 e. The molecule has 2 aliphatic carbocycles. The Hall–Kier alpha value is -0.640. The number of thiocarbonyl (C=S) groups is 1. The van der Waals surface area contributed by atoms with Crippen molar-refractivity contribution in [1.29, 1.82) is 0 Å². The number of amides is 1. The first-order chi connectivity index (χ1) is 8.85. The largest absolute Gasteiger partial charge is 0.392 e. The van der Waals surface area contributed by atoms with E-state index in [1.54, 1.807) is 0 Å². The second-order valence-corrected chi connectivity index (χ2v) is 7.38. The highest BCUT2D eigenvalue weighted by Gasteiger charge is 2.51. The number of rotatable bonds is 3. The minimum atomic E-state index is -0.558. The van der Waals surface area contributed by atoms with Gasteiger partial charge in [0.2, 0.25) is 5.91 Å². The minimum absolute atomic E-state index is 0.0736. The zero-order valence-corrected chi connectivity index (χ0v) is 13.1. The average molecular weight is 282 g/mol. The molecule has 0 saturated heterocycles. The molecule has 0 aromatic rings. The molecule has 2 aliphatic rings. The molecule has 3 unspecified atom stereocenters. The van der Waals surface area contributed by atoms with Gasteiger partial charge in [-0.15, -0.1) is 0 Å². The Labute approximate surface area is 121 Å². The average Bonchev–Trinajstić information content (AvgIpc) is 2.27. The van der Waals surface area contributed by atoms with E-state index in [4.69, 9.17) is 18.0 Å². The molecule has 3 nitrogen and oxygen atoms in total. The number of nitrogens with one attached hydrogen (secondary N) is 1. The van der Waals surface area contributed by atoms with Gasteiger partial charge in [0.05, 0.1) is 10.4 Å². The third-order valence-electron chi connectivity index (χ3n) is 5.05. The predicted molar refractivity (Wildman–Crippen MR) is 81.7 cm³/mol. The van der Waals surface area contributed by atoms with Crippen LogP contribution in [0.3, 0.4) is 0 Å². The lowest BCUT2D eigenvalue weighted by Crippen LogP contribution is -2.58. The molecule has 3 N–H and O–H groups in total. The van der Waals surface area contributed by atoms with Gasteiger partial charge in [-0.1, -0.05) is 33.0 Å². The molecule has 3 atom stereocenters. The molecular weight excluding hydrogens is 256 g/mol. The van der Waals surface area contributed by atoms with Crippen molar-refractivity contribution in [2.75, 3.05) is 0 Å². The van der Waals surface area contributed by atoms with Crippen molar-refractivity contribution >= 4 is 23.1 Å². The van der Waals surface area contributed by atoms with Gasteiger partial charge in [0.15, 0.2) is 0 Å². The van der Waals surface area contributed by atoms with Crippen molar-refractivity contribution in [3.05, 3.63) is 0 Å². The Bertz CT molecular complexity index is 376. The number of carbonyl (C=O) groups excluding carboxylic acids is 1. The first-order valence-corrected chi connectivity index (χ1v) is 7.87. The highest BCUT2D eigenvalue weighted by atomic mass is 32.1. The molecule has 0 aliphatic heterocycles. The third kappa shape index (κ3) is 2.78. The molecule has 2 fully saturated rings. The quantitative estimate of drug-likeness (QED) is 0.782. The molecule has 2 saturated carbocycles. The Morgan fingerprint density at radius 2 is 1.84 bits per heavy atom. The Morgan fingerprint density at radius 3 is 2.32 bits per heavy atom. The highest BCUT2D eigenvalue weighted by molar-refractivity contribution is 7.80. The SMILES string of the molecule is CC1CCC(NC(=O)C2(C(N)=S)CC(C)C2)C(C)C1. The lowest BCUT2D eigenvalue weighted by molar-refractivity contribution is -0.134. The maximum Gasteiger partial charge on any atom is 0.233 e. The summed E-state index contributed by atoms with van der Waals surface area (Å²) in [7, 11) is 0. The molecular formula is C15H26N2OS. The predicted octanol–water partition coefficient (Wildman–Crippen LogP) is 2.63. The molecule has 2 rings (SSSR count). The van der Waals surface area contributed by atoms with Crippen LogP contribution in [0.15, 0.2) is 0 Å². The van der Waals surface area contributed by atoms with Gasteiger partial charge >= 0.3 is 0 Å². The fraction of sp³-hybridized carbons (Fsp3) is 0.867. The monoisotopic (exact) mass is 282 g/mol. The summed E-state index contributed by atoms with van der Waals surface area (Å²) in [5.41, 5.74) is 5.27. The summed E-state index contributed by atoms with van der Waals surface area (Å²) in [6, 6.07) is 0.297. The highest BCUT2D eigenvalue weighted by Crippen LogP contribution is 2.46. The molecule has 0 heterocycles. The van der Waals surface area contributed by atoms with Crippen LogP contribution in [-0.4, -0.2) is 16.9 Å². The Balaban J connectivity index is 1.99. The third-order valence-corrected chi connectivity index (χ3v) is 5.44. The summed E-state index contributed by atoms with van der Waals surface area (Å²) >= 11 is 5.14. The van der Waals surface area contributed by atoms with Gasteiger partial charge in [-0.25, -0.2) is 0 Å². The molecule has 1 amide bonds. The lowest BCUT2D eigenvalue weighted by atomic mass is 9.61. The van der Waals surface area contributed by atoms with Crippen molar-refractivity contribution in [2.24, 2.45) is 28.9 Å². The van der Waals surface area contributed by atoms with Gasteiger partial charge in [-0.05, 0) is 49.9 Å². The van der Waals surface area contributed by atoms with Crippen LogP contribution in [0.25, 0.3) is 0 Å². The zero-order chi connectivity index (χ0) is 14.2. The van der Waals surface area contributed by atoms with E-state index in [9.17, 15) is 4.79 Å². The van der Waals surface area contributed by atoms with Crippen molar-refractivity contribution in [3.63, 3.8) is 0 Å². The van der Waals surface area contributed by atoms with Crippen molar-refractivity contribution in [3.8, 4) is 0 Å². The summed E-state index contributed by atoms with van der Waals surface area (Å²) in [5.74, 6) is 1.95. The van der Waals surface area contributed by atoms with Gasteiger partial charge in [-0.3, -0.25) is 4.79 Å². The number of carbonyl (C=O) groups is 1. The zero-order valence-electron chi connectivity index (χ0n) is 12.2. The first-order valence-electron chi connectivity index (χ1n) is 7.46. The van der Waals surface area contributed by atoms with E-state index in [-0.39, 0.29) is 5.91 Å². The van der Waals surface area contributed by atoms with Gasteiger partial charge in [0.25, 0.3) is 0 Å². The van der Waals surface area contributed by atoms with E-state index in [1.165, 1.54) is 12.8 Å². The number of nitrogens with two attached hydrogens (primary N) is 1. The lowest BCUT2D eigenvalue weighted by Gasteiger charge is -2.45. The molecule has 0 aromatic heterocycles. The van der Waals surface area contributed by atoms with E-state index < -0.39 is 5.41 Å². The normalized spacial score (nSPS) is 42.3. The van der Waals surface area contributed by atoms with Crippen LogP contribution in [0.4, 0.5) is 0 Å². The topological polar surface area (TPSA) is 55.1 Å². The van der Waals surface area contributed by atoms with Crippen LogP contribution in [0, 0.1) is 23.2 Å². The second kappa shape index (κ2) is 5.39. The van der Waals surface area contributed by atoms with Crippen LogP contribution in [0.2, 0.25) is 0 Å². The summed E-state index contributed by atoms with van der Waals surface area (Å²) in [5, 5.41) is 3.23.